The van der Waals surface area contributed by atoms with Crippen molar-refractivity contribution < 1.29 is 8.42 Å². The lowest BCUT2D eigenvalue weighted by atomic mass is 10.1. The smallest absolute Gasteiger partial charge is 0.279 e. The highest BCUT2D eigenvalue weighted by Gasteiger charge is 2.21. The van der Waals surface area contributed by atoms with Crippen molar-refractivity contribution in [3.05, 3.63) is 39.5 Å². The fourth-order valence-corrected chi connectivity index (χ4v) is 3.97. The number of nitrogens with one attached hydrogen (secondary N) is 2. The Morgan fingerprint density at radius 2 is 1.95 bits per heavy atom. The molecule has 1 heterocycles. The van der Waals surface area contributed by atoms with Crippen LogP contribution in [0.15, 0.2) is 27.8 Å². The van der Waals surface area contributed by atoms with Gasteiger partial charge < -0.3 is 5.73 Å². The Morgan fingerprint density at radius 3 is 2.50 bits per heavy atom. The summed E-state index contributed by atoms with van der Waals surface area (Å²) in [6.45, 7) is 3.78. The number of aryl methyl sites for hydroxylation is 2. The summed E-state index contributed by atoms with van der Waals surface area (Å²) < 4.78 is 28.3. The summed E-state index contributed by atoms with van der Waals surface area (Å²) in [5.41, 5.74) is 8.17. The number of aromatic amines is 1. The van der Waals surface area contributed by atoms with Crippen molar-refractivity contribution in [3.63, 3.8) is 0 Å². The number of hydrogen-bond donors (Lipinski definition) is 3. The van der Waals surface area contributed by atoms with Gasteiger partial charge in [-0.25, -0.2) is 0 Å². The summed E-state index contributed by atoms with van der Waals surface area (Å²) in [4.78, 5) is 0. The maximum atomic E-state index is 12.4. The summed E-state index contributed by atoms with van der Waals surface area (Å²) in [7, 11) is -3.73. The van der Waals surface area contributed by atoms with E-state index in [1.165, 1.54) is 6.20 Å². The van der Waals surface area contributed by atoms with Gasteiger partial charge in [-0.2, -0.15) is 13.5 Å². The van der Waals surface area contributed by atoms with Crippen LogP contribution in [0, 0.1) is 13.8 Å². The van der Waals surface area contributed by atoms with Gasteiger partial charge in [-0.1, -0.05) is 15.9 Å². The minimum absolute atomic E-state index is 0.00159. The topological polar surface area (TPSA) is 101 Å². The van der Waals surface area contributed by atoms with Crippen LogP contribution in [0.1, 0.15) is 16.7 Å². The van der Waals surface area contributed by atoms with Crippen molar-refractivity contribution >= 4 is 31.6 Å². The van der Waals surface area contributed by atoms with E-state index >= 15 is 0 Å². The van der Waals surface area contributed by atoms with Crippen molar-refractivity contribution in [3.8, 4) is 0 Å². The Bertz CT molecular complexity index is 717. The molecule has 0 aliphatic rings. The molecule has 0 spiro atoms. The zero-order valence-electron chi connectivity index (χ0n) is 11.1. The number of nitrogens with two attached hydrogens (primary N) is 1. The van der Waals surface area contributed by atoms with E-state index in [4.69, 9.17) is 5.73 Å². The molecular formula is C12H15BrN4O2S. The molecule has 1 aromatic heterocycles. The van der Waals surface area contributed by atoms with Crippen LogP contribution in [0.2, 0.25) is 0 Å². The normalized spacial score (nSPS) is 11.6. The Hall–Kier alpha value is -1.38. The Balaban J connectivity index is 2.44. The number of H-pyrrole nitrogens is 1. The molecule has 0 aliphatic carbocycles. The van der Waals surface area contributed by atoms with Crippen LogP contribution in [-0.2, 0) is 16.6 Å². The molecule has 0 unspecified atom stereocenters. The SMILES string of the molecule is Cc1cc(Br)cc(C)c1NS(=O)(=O)c1[nH]ncc1CN. The fraction of sp³-hybridized carbons (Fsp3) is 0.250. The van der Waals surface area contributed by atoms with E-state index < -0.39 is 10.0 Å². The maximum absolute atomic E-state index is 12.4. The molecule has 0 saturated heterocycles. The van der Waals surface area contributed by atoms with Crippen LogP contribution in [0.4, 0.5) is 5.69 Å². The average Bonchev–Trinajstić information content (AvgIpc) is 2.83. The van der Waals surface area contributed by atoms with Gasteiger partial charge in [0.25, 0.3) is 10.0 Å². The standard InChI is InChI=1S/C12H15BrN4O2S/c1-7-3-10(13)4-8(2)11(7)17-20(18,19)12-9(5-14)6-15-16-12/h3-4,6,17H,5,14H2,1-2H3,(H,15,16). The maximum Gasteiger partial charge on any atom is 0.279 e. The molecule has 0 saturated carbocycles. The quantitative estimate of drug-likeness (QED) is 0.778. The Labute approximate surface area is 125 Å². The lowest BCUT2D eigenvalue weighted by Gasteiger charge is -2.13. The summed E-state index contributed by atoms with van der Waals surface area (Å²) in [5, 5.41) is 6.21. The lowest BCUT2D eigenvalue weighted by molar-refractivity contribution is 0.595. The van der Waals surface area contributed by atoms with Crippen molar-refractivity contribution in [2.75, 3.05) is 4.72 Å². The highest BCUT2D eigenvalue weighted by atomic mass is 79.9. The summed E-state index contributed by atoms with van der Waals surface area (Å²) in [5.74, 6) is 0. The number of anilines is 1. The number of hydrogen-bond acceptors (Lipinski definition) is 4. The molecule has 6 nitrogen and oxygen atoms in total. The van der Waals surface area contributed by atoms with Crippen molar-refractivity contribution in [1.82, 2.24) is 10.2 Å². The molecule has 0 radical (unpaired) electrons. The van der Waals surface area contributed by atoms with Gasteiger partial charge >= 0.3 is 0 Å². The second-order valence-electron chi connectivity index (χ2n) is 4.45. The number of aromatic nitrogens is 2. The molecule has 20 heavy (non-hydrogen) atoms. The summed E-state index contributed by atoms with van der Waals surface area (Å²) in [6.07, 6.45) is 1.41. The first-order valence-electron chi connectivity index (χ1n) is 5.87. The van der Waals surface area contributed by atoms with Gasteiger partial charge in [0.2, 0.25) is 0 Å². The zero-order valence-corrected chi connectivity index (χ0v) is 13.5. The summed E-state index contributed by atoms with van der Waals surface area (Å²) in [6, 6.07) is 3.70. The van der Waals surface area contributed by atoms with Crippen molar-refractivity contribution in [2.45, 2.75) is 25.4 Å². The minimum atomic E-state index is -3.73. The molecule has 0 fully saturated rings. The molecule has 0 bridgehead atoms. The zero-order chi connectivity index (χ0) is 14.9. The number of nitrogens with zero attached hydrogens (tertiary/aromatic N) is 1. The third-order valence-corrected chi connectivity index (χ3v) is 4.72. The summed E-state index contributed by atoms with van der Waals surface area (Å²) >= 11 is 3.38. The molecule has 108 valence electrons. The number of sulfonamides is 1. The highest BCUT2D eigenvalue weighted by molar-refractivity contribution is 9.10. The lowest BCUT2D eigenvalue weighted by Crippen LogP contribution is -2.17. The van der Waals surface area contributed by atoms with Crippen LogP contribution in [0.25, 0.3) is 0 Å². The van der Waals surface area contributed by atoms with E-state index in [0.29, 0.717) is 11.3 Å². The molecule has 8 heteroatoms. The van der Waals surface area contributed by atoms with E-state index in [9.17, 15) is 8.42 Å². The minimum Gasteiger partial charge on any atom is -0.326 e. The van der Waals surface area contributed by atoms with E-state index in [2.05, 4.69) is 30.8 Å². The molecular weight excluding hydrogens is 344 g/mol. The first-order valence-corrected chi connectivity index (χ1v) is 8.14. The van der Waals surface area contributed by atoms with Gasteiger partial charge in [-0.15, -0.1) is 0 Å². The van der Waals surface area contributed by atoms with Gasteiger partial charge in [0.1, 0.15) is 0 Å². The number of rotatable bonds is 4. The predicted octanol–water partition coefficient (Wildman–Crippen LogP) is 2.05. The molecule has 0 atom stereocenters. The van der Waals surface area contributed by atoms with E-state index in [0.717, 1.165) is 15.6 Å². The van der Waals surface area contributed by atoms with Gasteiger partial charge in [-0.05, 0) is 37.1 Å². The molecule has 2 rings (SSSR count). The third-order valence-electron chi connectivity index (χ3n) is 2.90. The molecule has 0 aliphatic heterocycles. The number of halogens is 1. The van der Waals surface area contributed by atoms with Crippen molar-refractivity contribution in [2.24, 2.45) is 5.73 Å². The number of benzene rings is 1. The van der Waals surface area contributed by atoms with E-state index in [1.807, 2.05) is 26.0 Å². The monoisotopic (exact) mass is 358 g/mol. The van der Waals surface area contributed by atoms with Crippen LogP contribution >= 0.6 is 15.9 Å². The average molecular weight is 359 g/mol. The fourth-order valence-electron chi connectivity index (χ4n) is 1.93. The van der Waals surface area contributed by atoms with Gasteiger partial charge in [-0.3, -0.25) is 9.82 Å². The first-order chi connectivity index (χ1) is 9.35. The predicted molar refractivity (Wildman–Crippen MR) is 80.9 cm³/mol. The van der Waals surface area contributed by atoms with E-state index in [1.54, 1.807) is 0 Å². The molecule has 2 aromatic rings. The Morgan fingerprint density at radius 1 is 1.35 bits per heavy atom. The molecule has 0 amide bonds. The van der Waals surface area contributed by atoms with Gasteiger partial charge in [0.05, 0.1) is 11.9 Å². The van der Waals surface area contributed by atoms with Crippen molar-refractivity contribution in [1.29, 1.82) is 0 Å². The molecule has 4 N–H and O–H groups in total. The third kappa shape index (κ3) is 2.87. The van der Waals surface area contributed by atoms with Crippen LogP contribution < -0.4 is 10.5 Å². The first kappa shape index (κ1) is 15.0. The largest absolute Gasteiger partial charge is 0.326 e. The second kappa shape index (κ2) is 5.55. The van der Waals surface area contributed by atoms with Gasteiger partial charge in [0, 0.05) is 16.6 Å². The highest BCUT2D eigenvalue weighted by Crippen LogP contribution is 2.27. The Kier molecular flexibility index (Phi) is 4.17. The van der Waals surface area contributed by atoms with E-state index in [-0.39, 0.29) is 11.6 Å². The van der Waals surface area contributed by atoms with Gasteiger partial charge in [0.15, 0.2) is 5.03 Å². The van der Waals surface area contributed by atoms with Crippen LogP contribution in [0.5, 0.6) is 0 Å². The second-order valence-corrected chi connectivity index (χ2v) is 6.98. The van der Waals surface area contributed by atoms with Crippen LogP contribution in [-0.4, -0.2) is 18.6 Å². The van der Waals surface area contributed by atoms with Crippen LogP contribution in [0.3, 0.4) is 0 Å². The molecule has 1 aromatic carbocycles.